The van der Waals surface area contributed by atoms with Crippen LogP contribution in [0.1, 0.15) is 30.9 Å². The molecule has 172 valence electrons. The Labute approximate surface area is 185 Å². The van der Waals surface area contributed by atoms with Gasteiger partial charge in [0.25, 0.3) is 0 Å². The smallest absolute Gasteiger partial charge is 0.331 e. The SMILES string of the molecule is CC1(N(Cc2ccc(C(F)(F)F)cc2)C(=O)CN(C=O)c2ncc(Cl)cc2F)CC(F)C1. The molecular formula is C21H19ClF5N3O2. The number of alkyl halides is 4. The third kappa shape index (κ3) is 5.17. The number of carbonyl (C=O) groups excluding carboxylic acids is 2. The van der Waals surface area contributed by atoms with Crippen LogP contribution in [0, 0.1) is 5.82 Å². The molecular weight excluding hydrogens is 457 g/mol. The Kier molecular flexibility index (Phi) is 6.73. The summed E-state index contributed by atoms with van der Waals surface area (Å²) >= 11 is 5.66. The van der Waals surface area contributed by atoms with Gasteiger partial charge in [-0.25, -0.2) is 13.8 Å². The molecule has 0 bridgehead atoms. The molecule has 0 spiro atoms. The van der Waals surface area contributed by atoms with Gasteiger partial charge < -0.3 is 4.90 Å². The van der Waals surface area contributed by atoms with Crippen molar-refractivity contribution in [3.8, 4) is 0 Å². The zero-order valence-electron chi connectivity index (χ0n) is 16.9. The molecule has 1 fully saturated rings. The van der Waals surface area contributed by atoms with Crippen molar-refractivity contribution in [1.29, 1.82) is 0 Å². The first-order chi connectivity index (χ1) is 14.9. The number of anilines is 1. The fourth-order valence-electron chi connectivity index (χ4n) is 3.69. The van der Waals surface area contributed by atoms with Gasteiger partial charge in [-0.05, 0) is 30.7 Å². The minimum Gasteiger partial charge on any atom is -0.331 e. The van der Waals surface area contributed by atoms with Crippen LogP contribution in [0.4, 0.5) is 27.8 Å². The lowest BCUT2D eigenvalue weighted by atomic mass is 9.75. The van der Waals surface area contributed by atoms with Crippen molar-refractivity contribution in [3.05, 3.63) is 58.5 Å². The van der Waals surface area contributed by atoms with Gasteiger partial charge in [0.2, 0.25) is 12.3 Å². The third-order valence-electron chi connectivity index (χ3n) is 5.39. The molecule has 0 atom stereocenters. The molecule has 5 nitrogen and oxygen atoms in total. The molecule has 1 aromatic heterocycles. The Morgan fingerprint density at radius 2 is 1.91 bits per heavy atom. The molecule has 1 aliphatic rings. The van der Waals surface area contributed by atoms with Crippen LogP contribution < -0.4 is 4.90 Å². The predicted octanol–water partition coefficient (Wildman–Crippen LogP) is 4.78. The lowest BCUT2D eigenvalue weighted by molar-refractivity contribution is -0.144. The molecule has 0 saturated heterocycles. The third-order valence-corrected chi connectivity index (χ3v) is 5.60. The number of halogens is 6. The minimum absolute atomic E-state index is 0.00308. The molecule has 11 heteroatoms. The first kappa shape index (κ1) is 23.9. The molecule has 1 aliphatic carbocycles. The van der Waals surface area contributed by atoms with Gasteiger partial charge in [-0.2, -0.15) is 13.2 Å². The van der Waals surface area contributed by atoms with E-state index in [1.54, 1.807) is 6.92 Å². The maximum Gasteiger partial charge on any atom is 0.416 e. The summed E-state index contributed by atoms with van der Waals surface area (Å²) in [5.41, 5.74) is -1.35. The van der Waals surface area contributed by atoms with E-state index in [4.69, 9.17) is 11.6 Å². The predicted molar refractivity (Wildman–Crippen MR) is 107 cm³/mol. The Hall–Kier alpha value is -2.75. The van der Waals surface area contributed by atoms with Gasteiger partial charge >= 0.3 is 6.18 Å². The van der Waals surface area contributed by atoms with Crippen LogP contribution in [-0.2, 0) is 22.3 Å². The summed E-state index contributed by atoms with van der Waals surface area (Å²) in [4.78, 5) is 30.4. The maximum atomic E-state index is 14.2. The highest BCUT2D eigenvalue weighted by Crippen LogP contribution is 2.41. The highest BCUT2D eigenvalue weighted by molar-refractivity contribution is 6.30. The van der Waals surface area contributed by atoms with Crippen LogP contribution in [0.2, 0.25) is 5.02 Å². The number of rotatable bonds is 7. The van der Waals surface area contributed by atoms with E-state index in [1.807, 2.05) is 0 Å². The van der Waals surface area contributed by atoms with Crippen LogP contribution in [0.3, 0.4) is 0 Å². The van der Waals surface area contributed by atoms with E-state index in [0.29, 0.717) is 5.56 Å². The lowest BCUT2D eigenvalue weighted by Gasteiger charge is -2.50. The number of benzene rings is 1. The molecule has 0 N–H and O–H groups in total. The van der Waals surface area contributed by atoms with Crippen LogP contribution >= 0.6 is 11.6 Å². The summed E-state index contributed by atoms with van der Waals surface area (Å²) in [6.07, 6.45) is -4.21. The van der Waals surface area contributed by atoms with E-state index < -0.39 is 47.5 Å². The molecule has 0 unspecified atom stereocenters. The van der Waals surface area contributed by atoms with E-state index in [0.717, 1.165) is 29.3 Å². The van der Waals surface area contributed by atoms with Gasteiger partial charge in [0.1, 0.15) is 12.7 Å². The summed E-state index contributed by atoms with van der Waals surface area (Å²) < 4.78 is 66.3. The minimum atomic E-state index is -4.50. The number of carbonyl (C=O) groups is 2. The number of hydrogen-bond acceptors (Lipinski definition) is 3. The first-order valence-corrected chi connectivity index (χ1v) is 9.94. The summed E-state index contributed by atoms with van der Waals surface area (Å²) in [6, 6.07) is 5.19. The van der Waals surface area contributed by atoms with Crippen molar-refractivity contribution in [2.24, 2.45) is 0 Å². The Morgan fingerprint density at radius 1 is 1.28 bits per heavy atom. The second kappa shape index (κ2) is 9.01. The summed E-state index contributed by atoms with van der Waals surface area (Å²) in [5, 5.41) is 0.00308. The average Bonchev–Trinajstić information content (AvgIpc) is 2.69. The highest BCUT2D eigenvalue weighted by Gasteiger charge is 2.47. The Balaban J connectivity index is 1.83. The van der Waals surface area contributed by atoms with Crippen molar-refractivity contribution in [2.75, 3.05) is 11.4 Å². The molecule has 0 aliphatic heterocycles. The van der Waals surface area contributed by atoms with Crippen LogP contribution in [-0.4, -0.2) is 40.5 Å². The molecule has 32 heavy (non-hydrogen) atoms. The average molecular weight is 476 g/mol. The molecule has 1 heterocycles. The summed E-state index contributed by atoms with van der Waals surface area (Å²) in [6.45, 7) is 0.948. The van der Waals surface area contributed by atoms with E-state index in [1.165, 1.54) is 17.0 Å². The highest BCUT2D eigenvalue weighted by atomic mass is 35.5. The van der Waals surface area contributed by atoms with Gasteiger partial charge in [-0.15, -0.1) is 0 Å². The monoisotopic (exact) mass is 475 g/mol. The van der Waals surface area contributed by atoms with E-state index in [2.05, 4.69) is 4.98 Å². The standard InChI is InChI=1S/C21H19ClF5N3O2/c1-20(7-16(23)8-20)30(10-13-2-4-14(5-3-13)21(25,26)27)18(32)11-29(12-31)19-17(24)6-15(22)9-28-19/h2-6,9,12,16H,7-8,10-11H2,1H3. The Bertz CT molecular complexity index is 994. The fourth-order valence-corrected chi connectivity index (χ4v) is 3.83. The van der Waals surface area contributed by atoms with Crippen molar-refractivity contribution in [1.82, 2.24) is 9.88 Å². The van der Waals surface area contributed by atoms with Crippen LogP contribution in [0.25, 0.3) is 0 Å². The first-order valence-electron chi connectivity index (χ1n) is 9.56. The largest absolute Gasteiger partial charge is 0.416 e. The number of amides is 2. The summed E-state index contributed by atoms with van der Waals surface area (Å²) in [7, 11) is 0. The maximum absolute atomic E-state index is 14.2. The van der Waals surface area contributed by atoms with Crippen molar-refractivity contribution >= 4 is 29.7 Å². The van der Waals surface area contributed by atoms with Gasteiger partial charge in [0, 0.05) is 31.1 Å². The molecule has 2 aromatic rings. The quantitative estimate of drug-likeness (QED) is 0.428. The van der Waals surface area contributed by atoms with Gasteiger partial charge in [0.05, 0.1) is 10.6 Å². The molecule has 0 radical (unpaired) electrons. The van der Waals surface area contributed by atoms with E-state index in [-0.39, 0.29) is 30.8 Å². The molecule has 1 saturated carbocycles. The molecule has 1 aromatic carbocycles. The second-order valence-corrected chi connectivity index (χ2v) is 8.31. The number of pyridine rings is 1. The Morgan fingerprint density at radius 3 is 2.41 bits per heavy atom. The van der Waals surface area contributed by atoms with Crippen LogP contribution in [0.5, 0.6) is 0 Å². The lowest BCUT2D eigenvalue weighted by Crippen LogP contribution is -2.59. The van der Waals surface area contributed by atoms with Gasteiger partial charge in [-0.3, -0.25) is 14.5 Å². The zero-order valence-corrected chi connectivity index (χ0v) is 17.6. The normalized spacial score (nSPS) is 20.4. The number of aromatic nitrogens is 1. The van der Waals surface area contributed by atoms with Crippen LogP contribution in [0.15, 0.2) is 36.5 Å². The van der Waals surface area contributed by atoms with Crippen molar-refractivity contribution < 1.29 is 31.5 Å². The van der Waals surface area contributed by atoms with Crippen molar-refractivity contribution in [2.45, 2.75) is 44.2 Å². The number of nitrogens with zero attached hydrogens (tertiary/aromatic N) is 3. The molecule has 2 amide bonds. The van der Waals surface area contributed by atoms with Crippen molar-refractivity contribution in [3.63, 3.8) is 0 Å². The fraction of sp³-hybridized carbons (Fsp3) is 0.381. The topological polar surface area (TPSA) is 53.5 Å². The zero-order chi connectivity index (χ0) is 23.7. The second-order valence-electron chi connectivity index (χ2n) is 7.87. The van der Waals surface area contributed by atoms with Gasteiger partial charge in [0.15, 0.2) is 11.6 Å². The number of hydrogen-bond donors (Lipinski definition) is 0. The molecule has 3 rings (SSSR count). The van der Waals surface area contributed by atoms with E-state index >= 15 is 0 Å². The summed E-state index contributed by atoms with van der Waals surface area (Å²) in [5.74, 6) is -1.96. The van der Waals surface area contributed by atoms with Gasteiger partial charge in [-0.1, -0.05) is 23.7 Å². The van der Waals surface area contributed by atoms with E-state index in [9.17, 15) is 31.5 Å².